The first-order chi connectivity index (χ1) is 17.4. The van der Waals surface area contributed by atoms with E-state index in [1.165, 1.54) is 17.0 Å². The predicted molar refractivity (Wildman–Crippen MR) is 134 cm³/mol. The summed E-state index contributed by atoms with van der Waals surface area (Å²) in [6.45, 7) is 4.00. The lowest BCUT2D eigenvalue weighted by Gasteiger charge is -2.28. The van der Waals surface area contributed by atoms with Crippen molar-refractivity contribution in [3.8, 4) is 0 Å². The van der Waals surface area contributed by atoms with E-state index in [1.54, 1.807) is 30.3 Å². The van der Waals surface area contributed by atoms with Crippen LogP contribution in [0, 0.1) is 5.82 Å². The number of rotatable bonds is 9. The third-order valence-electron chi connectivity index (χ3n) is 6.04. The molecule has 2 aromatic rings. The minimum Gasteiger partial charge on any atom is -0.318 e. The Kier molecular flexibility index (Phi) is 10.6. The summed E-state index contributed by atoms with van der Waals surface area (Å²) < 4.78 is 52.2. The lowest BCUT2D eigenvalue weighted by Crippen LogP contribution is -2.38. The number of nitrogens with one attached hydrogen (secondary N) is 1. The van der Waals surface area contributed by atoms with E-state index >= 15 is 0 Å². The number of benzene rings is 2. The first-order valence-electron chi connectivity index (χ1n) is 11.9. The molecule has 1 saturated heterocycles. The highest BCUT2D eigenvalue weighted by molar-refractivity contribution is 6.15. The second kappa shape index (κ2) is 13.8. The maximum absolute atomic E-state index is 14.4. The highest BCUT2D eigenvalue weighted by Gasteiger charge is 2.22. The van der Waals surface area contributed by atoms with Crippen LogP contribution >= 0.6 is 0 Å². The molecule has 2 aliphatic heterocycles. The molecule has 0 aromatic heterocycles. The molecule has 1 amide bonds. The number of likely N-dealkylation sites (tertiary alicyclic amines) is 1. The summed E-state index contributed by atoms with van der Waals surface area (Å²) in [5.41, 5.74) is 1.34. The molecule has 0 spiro atoms. The van der Waals surface area contributed by atoms with E-state index in [9.17, 15) is 22.4 Å². The van der Waals surface area contributed by atoms with Gasteiger partial charge in [-0.25, -0.2) is 17.6 Å². The number of likely N-dealkylation sites (N-methyl/N-ethyl adjacent to an activating group) is 1. The molecular weight excluding hydrogens is 474 g/mol. The summed E-state index contributed by atoms with van der Waals surface area (Å²) in [6.07, 6.45) is -1.22. The van der Waals surface area contributed by atoms with Crippen LogP contribution in [0.2, 0.25) is 0 Å². The van der Waals surface area contributed by atoms with Gasteiger partial charge in [-0.2, -0.15) is 10.2 Å². The monoisotopic (exact) mass is 505 g/mol. The number of anilines is 1. The van der Waals surface area contributed by atoms with Gasteiger partial charge in [-0.15, -0.1) is 0 Å². The molecule has 4 rings (SSSR count). The second-order valence-corrected chi connectivity index (χ2v) is 8.61. The standard InChI is InChI=1S/C18H14F3N3O.C8H17FN2/c19-15-8-12(16-9-17(18(20)21)23-22-16)6-7-13(15)10-24(11-25)14-4-2-1-3-5-14;1-10-4-7-11-5-2-8(9)3-6-11/h1-8,11,18H,9-10H2;8,10H,2-7H2,1H3. The Morgan fingerprint density at radius 3 is 2.44 bits per heavy atom. The third kappa shape index (κ3) is 7.96. The summed E-state index contributed by atoms with van der Waals surface area (Å²) in [5.74, 6) is -0.534. The zero-order chi connectivity index (χ0) is 25.9. The number of halogens is 4. The molecule has 6 nitrogen and oxygen atoms in total. The van der Waals surface area contributed by atoms with E-state index in [0.29, 0.717) is 28.9 Å². The van der Waals surface area contributed by atoms with Gasteiger partial charge in [-0.05, 0) is 38.1 Å². The van der Waals surface area contributed by atoms with Gasteiger partial charge < -0.3 is 15.1 Å². The maximum atomic E-state index is 14.4. The number of nitrogens with zero attached hydrogens (tertiary/aromatic N) is 4. The number of hydrogen-bond acceptors (Lipinski definition) is 5. The molecule has 0 bridgehead atoms. The Morgan fingerprint density at radius 2 is 1.86 bits per heavy atom. The molecule has 36 heavy (non-hydrogen) atoms. The first kappa shape index (κ1) is 27.5. The smallest absolute Gasteiger partial charge is 0.278 e. The number of para-hydroxylation sites is 1. The minimum atomic E-state index is -2.67. The fourth-order valence-electron chi connectivity index (χ4n) is 3.89. The first-order valence-corrected chi connectivity index (χ1v) is 11.9. The fourth-order valence-corrected chi connectivity index (χ4v) is 3.89. The van der Waals surface area contributed by atoms with Crippen LogP contribution in [0.25, 0.3) is 0 Å². The molecule has 0 saturated carbocycles. The number of carbonyl (C=O) groups is 1. The van der Waals surface area contributed by atoms with Crippen molar-refractivity contribution in [1.29, 1.82) is 0 Å². The molecule has 10 heteroatoms. The number of carbonyl (C=O) groups excluding carboxylic acids is 1. The van der Waals surface area contributed by atoms with Crippen LogP contribution in [0.3, 0.4) is 0 Å². The SMILES string of the molecule is CNCCN1CCC(F)CC1.O=CN(Cc1ccc(C2=NN=C(C(F)F)C2)cc1F)c1ccccc1. The van der Waals surface area contributed by atoms with E-state index in [1.807, 2.05) is 13.1 Å². The predicted octanol–water partition coefficient (Wildman–Crippen LogP) is 4.44. The average molecular weight is 506 g/mol. The van der Waals surface area contributed by atoms with Crippen molar-refractivity contribution in [3.05, 3.63) is 65.5 Å². The van der Waals surface area contributed by atoms with Crippen LogP contribution in [-0.2, 0) is 11.3 Å². The van der Waals surface area contributed by atoms with E-state index in [4.69, 9.17) is 0 Å². The van der Waals surface area contributed by atoms with Crippen molar-refractivity contribution in [2.24, 2.45) is 10.2 Å². The normalized spacial score (nSPS) is 16.3. The lowest BCUT2D eigenvalue weighted by molar-refractivity contribution is -0.107. The lowest BCUT2D eigenvalue weighted by atomic mass is 10.0. The van der Waals surface area contributed by atoms with Crippen molar-refractivity contribution in [2.75, 3.05) is 38.1 Å². The van der Waals surface area contributed by atoms with E-state index in [-0.39, 0.29) is 18.7 Å². The van der Waals surface area contributed by atoms with Gasteiger partial charge in [0.15, 0.2) is 0 Å². The van der Waals surface area contributed by atoms with Gasteiger partial charge in [0.05, 0.1) is 12.3 Å². The quantitative estimate of drug-likeness (QED) is 0.405. The van der Waals surface area contributed by atoms with Gasteiger partial charge in [-0.3, -0.25) is 4.79 Å². The fraction of sp³-hybridized carbons (Fsp3) is 0.423. The van der Waals surface area contributed by atoms with E-state index in [2.05, 4.69) is 20.4 Å². The zero-order valence-corrected chi connectivity index (χ0v) is 20.2. The third-order valence-corrected chi connectivity index (χ3v) is 6.04. The highest BCUT2D eigenvalue weighted by Crippen LogP contribution is 2.21. The molecule has 2 heterocycles. The van der Waals surface area contributed by atoms with Gasteiger partial charge in [0.25, 0.3) is 6.43 Å². The number of piperidine rings is 1. The van der Waals surface area contributed by atoms with Crippen molar-refractivity contribution in [3.63, 3.8) is 0 Å². The molecule has 0 radical (unpaired) electrons. The van der Waals surface area contributed by atoms with Gasteiger partial charge in [-0.1, -0.05) is 30.3 Å². The Hall–Kier alpha value is -3.11. The van der Waals surface area contributed by atoms with Crippen molar-refractivity contribution in [1.82, 2.24) is 10.2 Å². The summed E-state index contributed by atoms with van der Waals surface area (Å²) in [7, 11) is 1.95. The summed E-state index contributed by atoms with van der Waals surface area (Å²) >= 11 is 0. The van der Waals surface area contributed by atoms with Gasteiger partial charge in [0.1, 0.15) is 17.7 Å². The van der Waals surface area contributed by atoms with Crippen LogP contribution in [0.15, 0.2) is 58.7 Å². The number of alkyl halides is 3. The summed E-state index contributed by atoms with van der Waals surface area (Å²) in [4.78, 5) is 15.0. The molecule has 0 aliphatic carbocycles. The van der Waals surface area contributed by atoms with Crippen LogP contribution in [0.1, 0.15) is 30.4 Å². The maximum Gasteiger partial charge on any atom is 0.278 e. The summed E-state index contributed by atoms with van der Waals surface area (Å²) in [5, 5.41) is 10.2. The largest absolute Gasteiger partial charge is 0.318 e. The highest BCUT2D eigenvalue weighted by atomic mass is 19.3. The molecule has 2 aliphatic rings. The van der Waals surface area contributed by atoms with Crippen molar-refractivity contribution in [2.45, 2.75) is 38.4 Å². The van der Waals surface area contributed by atoms with Crippen LogP contribution in [0.5, 0.6) is 0 Å². The summed E-state index contributed by atoms with van der Waals surface area (Å²) in [6, 6.07) is 13.2. The second-order valence-electron chi connectivity index (χ2n) is 8.61. The molecular formula is C26H31F4N5O. The van der Waals surface area contributed by atoms with E-state index in [0.717, 1.165) is 39.0 Å². The minimum absolute atomic E-state index is 0.0604. The van der Waals surface area contributed by atoms with Gasteiger partial charge >= 0.3 is 0 Å². The van der Waals surface area contributed by atoms with E-state index < -0.39 is 18.4 Å². The molecule has 0 unspecified atom stereocenters. The molecule has 1 N–H and O–H groups in total. The van der Waals surface area contributed by atoms with Crippen LogP contribution in [-0.4, -0.2) is 68.6 Å². The Balaban J connectivity index is 0.000000275. The molecule has 0 atom stereocenters. The Morgan fingerprint density at radius 1 is 1.14 bits per heavy atom. The van der Waals surface area contributed by atoms with Crippen LogP contribution in [0.4, 0.5) is 23.2 Å². The van der Waals surface area contributed by atoms with Gasteiger partial charge in [0.2, 0.25) is 6.41 Å². The Labute approximate surface area is 208 Å². The van der Waals surface area contributed by atoms with Crippen molar-refractivity contribution < 1.29 is 22.4 Å². The van der Waals surface area contributed by atoms with Crippen molar-refractivity contribution >= 4 is 23.5 Å². The Bertz CT molecular complexity index is 1040. The molecule has 194 valence electrons. The number of amides is 1. The average Bonchev–Trinajstić information content (AvgIpc) is 3.39. The molecule has 1 fully saturated rings. The molecule has 2 aromatic carbocycles. The number of hydrogen-bond donors (Lipinski definition) is 1. The van der Waals surface area contributed by atoms with Gasteiger partial charge in [0, 0.05) is 49.4 Å². The zero-order valence-electron chi connectivity index (χ0n) is 20.2. The topological polar surface area (TPSA) is 60.3 Å². The van der Waals surface area contributed by atoms with Crippen LogP contribution < -0.4 is 10.2 Å².